The highest BCUT2D eigenvalue weighted by atomic mass is 16.5. The van der Waals surface area contributed by atoms with Gasteiger partial charge in [-0.2, -0.15) is 0 Å². The average Bonchev–Trinajstić information content (AvgIpc) is 2.46. The van der Waals surface area contributed by atoms with Gasteiger partial charge in [0.15, 0.2) is 5.88 Å². The normalized spacial score (nSPS) is 11.8. The van der Waals surface area contributed by atoms with E-state index in [1.165, 1.54) is 0 Å². The Morgan fingerprint density at radius 1 is 1.50 bits per heavy atom. The van der Waals surface area contributed by atoms with Crippen molar-refractivity contribution in [2.75, 3.05) is 25.9 Å². The van der Waals surface area contributed by atoms with Gasteiger partial charge in [-0.15, -0.1) is 0 Å². The van der Waals surface area contributed by atoms with E-state index in [1.807, 2.05) is 19.9 Å². The molecular formula is C14H23N5O. The van der Waals surface area contributed by atoms with Crippen LogP contribution in [-0.4, -0.2) is 30.9 Å². The molecule has 0 spiro atoms. The van der Waals surface area contributed by atoms with Crippen molar-refractivity contribution in [3.05, 3.63) is 29.3 Å². The number of nitrogens with zero attached hydrogens (tertiary/aromatic N) is 1. The highest BCUT2D eigenvalue weighted by molar-refractivity contribution is 6.22. The third kappa shape index (κ3) is 3.71. The molecule has 0 atom stereocenters. The van der Waals surface area contributed by atoms with Gasteiger partial charge in [-0.1, -0.05) is 6.92 Å². The molecule has 20 heavy (non-hydrogen) atoms. The van der Waals surface area contributed by atoms with Gasteiger partial charge in [-0.05, 0) is 25.0 Å². The number of methoxy groups -OCH3 is 1. The molecule has 0 fully saturated rings. The Morgan fingerprint density at radius 2 is 2.20 bits per heavy atom. The molecule has 0 aliphatic heterocycles. The zero-order chi connectivity index (χ0) is 15.1. The number of pyridine rings is 1. The molecule has 0 unspecified atom stereocenters. The van der Waals surface area contributed by atoms with Crippen molar-refractivity contribution in [1.82, 2.24) is 10.3 Å². The van der Waals surface area contributed by atoms with E-state index >= 15 is 0 Å². The second-order valence-corrected chi connectivity index (χ2v) is 4.38. The summed E-state index contributed by atoms with van der Waals surface area (Å²) >= 11 is 0. The minimum Gasteiger partial charge on any atom is -0.482 e. The maximum absolute atomic E-state index is 8.16. The quantitative estimate of drug-likeness (QED) is 0.443. The van der Waals surface area contributed by atoms with Crippen molar-refractivity contribution < 1.29 is 4.74 Å². The lowest BCUT2D eigenvalue weighted by Gasteiger charge is -2.16. The number of aromatic nitrogens is 1. The van der Waals surface area contributed by atoms with E-state index in [0.29, 0.717) is 42.5 Å². The molecule has 0 radical (unpaired) electrons. The van der Waals surface area contributed by atoms with Gasteiger partial charge < -0.3 is 26.9 Å². The maximum Gasteiger partial charge on any atom is 0.196 e. The molecule has 1 heterocycles. The first-order valence-electron chi connectivity index (χ1n) is 6.57. The summed E-state index contributed by atoms with van der Waals surface area (Å²) in [5.74, 6) is 1.03. The van der Waals surface area contributed by atoms with Gasteiger partial charge in [0.25, 0.3) is 0 Å². The van der Waals surface area contributed by atoms with Crippen LogP contribution < -0.4 is 16.8 Å². The molecule has 0 saturated heterocycles. The third-order valence-electron chi connectivity index (χ3n) is 2.92. The van der Waals surface area contributed by atoms with E-state index in [0.717, 1.165) is 11.1 Å². The molecule has 6 heteroatoms. The lowest BCUT2D eigenvalue weighted by molar-refractivity contribution is 0.265. The maximum atomic E-state index is 8.16. The molecule has 0 aromatic carbocycles. The predicted octanol–water partition coefficient (Wildman–Crippen LogP) is 1.27. The van der Waals surface area contributed by atoms with Crippen molar-refractivity contribution in [2.24, 2.45) is 5.73 Å². The van der Waals surface area contributed by atoms with E-state index in [4.69, 9.17) is 21.6 Å². The number of nitrogens with one attached hydrogen (secondary N) is 2. The molecule has 6 N–H and O–H groups in total. The van der Waals surface area contributed by atoms with Crippen LogP contribution in [0.4, 0.5) is 5.82 Å². The van der Waals surface area contributed by atoms with Crippen LogP contribution in [0.3, 0.4) is 0 Å². The van der Waals surface area contributed by atoms with Crippen molar-refractivity contribution in [3.8, 4) is 0 Å². The lowest BCUT2D eigenvalue weighted by Crippen LogP contribution is -2.25. The number of hydrogen-bond acceptors (Lipinski definition) is 6. The second-order valence-electron chi connectivity index (χ2n) is 4.38. The molecule has 0 aliphatic carbocycles. The summed E-state index contributed by atoms with van der Waals surface area (Å²) in [5, 5.41) is 11.3. The zero-order valence-corrected chi connectivity index (χ0v) is 12.3. The standard InChI is InChI=1S/C14H23N5O/c1-4-11(16)12(14(20-3)18-6-5-15)10-7-9(2)13(17)19-8-10/h7-8,16,18H,4-6,15H2,1-3H3,(H2,17,19)/b14-12+,16-11?. The number of nitrogen functional groups attached to an aromatic ring is 1. The summed E-state index contributed by atoms with van der Waals surface area (Å²) in [7, 11) is 1.57. The van der Waals surface area contributed by atoms with E-state index in [2.05, 4.69) is 10.3 Å². The van der Waals surface area contributed by atoms with Crippen LogP contribution in [0, 0.1) is 12.3 Å². The highest BCUT2D eigenvalue weighted by Gasteiger charge is 2.15. The van der Waals surface area contributed by atoms with Crippen molar-refractivity contribution in [1.29, 1.82) is 5.41 Å². The Kier molecular flexibility index (Phi) is 5.99. The molecule has 0 saturated carbocycles. The van der Waals surface area contributed by atoms with E-state index in [1.54, 1.807) is 13.3 Å². The fourth-order valence-corrected chi connectivity index (χ4v) is 1.79. The molecule has 1 rings (SSSR count). The number of rotatable bonds is 7. The number of aryl methyl sites for hydroxylation is 1. The Labute approximate surface area is 119 Å². The smallest absolute Gasteiger partial charge is 0.196 e. The number of anilines is 1. The largest absolute Gasteiger partial charge is 0.482 e. The molecule has 1 aromatic heterocycles. The molecule has 1 aromatic rings. The number of hydrogen-bond donors (Lipinski definition) is 4. The summed E-state index contributed by atoms with van der Waals surface area (Å²) in [6, 6.07) is 1.91. The summed E-state index contributed by atoms with van der Waals surface area (Å²) in [5.41, 5.74) is 14.1. The molecule has 0 bridgehead atoms. The fraction of sp³-hybridized carbons (Fsp3) is 0.429. The van der Waals surface area contributed by atoms with Gasteiger partial charge in [0, 0.05) is 30.6 Å². The first-order valence-corrected chi connectivity index (χ1v) is 6.57. The topological polar surface area (TPSA) is 110 Å². The Bertz CT molecular complexity index is 510. The van der Waals surface area contributed by atoms with E-state index in [-0.39, 0.29) is 0 Å². The van der Waals surface area contributed by atoms with Crippen LogP contribution >= 0.6 is 0 Å². The minimum atomic E-state index is 0.470. The van der Waals surface area contributed by atoms with E-state index in [9.17, 15) is 0 Å². The SMILES string of the molecule is CCC(=N)/C(=C(\NCCN)OC)c1cnc(N)c(C)c1. The third-order valence-corrected chi connectivity index (χ3v) is 2.92. The lowest BCUT2D eigenvalue weighted by atomic mass is 10.00. The summed E-state index contributed by atoms with van der Waals surface area (Å²) in [6.07, 6.45) is 2.25. The summed E-state index contributed by atoms with van der Waals surface area (Å²) in [6.45, 7) is 4.87. The minimum absolute atomic E-state index is 0.470. The van der Waals surface area contributed by atoms with Crippen LogP contribution in [0.5, 0.6) is 0 Å². The number of nitrogens with two attached hydrogens (primary N) is 2. The Hall–Kier alpha value is -2.08. The first kappa shape index (κ1) is 16.0. The second kappa shape index (κ2) is 7.49. The van der Waals surface area contributed by atoms with Gasteiger partial charge in [-0.25, -0.2) is 4.98 Å². The van der Waals surface area contributed by atoms with Gasteiger partial charge in [-0.3, -0.25) is 0 Å². The summed E-state index contributed by atoms with van der Waals surface area (Å²) < 4.78 is 5.38. The monoisotopic (exact) mass is 277 g/mol. The molecule has 0 amide bonds. The van der Waals surface area contributed by atoms with Crippen LogP contribution in [0.1, 0.15) is 24.5 Å². The Morgan fingerprint density at radius 3 is 2.70 bits per heavy atom. The van der Waals surface area contributed by atoms with Crippen molar-refractivity contribution in [3.63, 3.8) is 0 Å². The zero-order valence-electron chi connectivity index (χ0n) is 12.3. The fourth-order valence-electron chi connectivity index (χ4n) is 1.79. The number of ether oxygens (including phenoxy) is 1. The van der Waals surface area contributed by atoms with Gasteiger partial charge in [0.1, 0.15) is 5.82 Å². The van der Waals surface area contributed by atoms with Crippen molar-refractivity contribution >= 4 is 17.1 Å². The molecule has 110 valence electrons. The van der Waals surface area contributed by atoms with Gasteiger partial charge in [0.05, 0.1) is 12.7 Å². The van der Waals surface area contributed by atoms with Gasteiger partial charge >= 0.3 is 0 Å². The molecule has 0 aliphatic rings. The average molecular weight is 277 g/mol. The number of allylic oxidation sites excluding steroid dienone is 1. The molecule has 6 nitrogen and oxygen atoms in total. The predicted molar refractivity (Wildman–Crippen MR) is 82.4 cm³/mol. The summed E-state index contributed by atoms with van der Waals surface area (Å²) in [4.78, 5) is 4.15. The van der Waals surface area contributed by atoms with Crippen LogP contribution in [0.2, 0.25) is 0 Å². The van der Waals surface area contributed by atoms with E-state index < -0.39 is 0 Å². The Balaban J connectivity index is 3.32. The van der Waals surface area contributed by atoms with Crippen LogP contribution in [0.25, 0.3) is 5.57 Å². The highest BCUT2D eigenvalue weighted by Crippen LogP contribution is 2.22. The molecular weight excluding hydrogens is 254 g/mol. The first-order chi connectivity index (χ1) is 9.54. The van der Waals surface area contributed by atoms with Gasteiger partial charge in [0.2, 0.25) is 0 Å². The van der Waals surface area contributed by atoms with Crippen LogP contribution in [0.15, 0.2) is 18.1 Å². The van der Waals surface area contributed by atoms with Crippen LogP contribution in [-0.2, 0) is 4.74 Å². The van der Waals surface area contributed by atoms with Crippen molar-refractivity contribution in [2.45, 2.75) is 20.3 Å².